The van der Waals surface area contributed by atoms with Crippen LogP contribution in [-0.2, 0) is 13.5 Å². The second-order valence-corrected chi connectivity index (χ2v) is 5.56. The van der Waals surface area contributed by atoms with Crippen molar-refractivity contribution in [2.75, 3.05) is 6.54 Å². The highest BCUT2D eigenvalue weighted by Gasteiger charge is 2.16. The van der Waals surface area contributed by atoms with E-state index in [2.05, 4.69) is 22.6 Å². The van der Waals surface area contributed by atoms with Crippen LogP contribution < -0.4 is 5.32 Å². The Labute approximate surface area is 129 Å². The van der Waals surface area contributed by atoms with Gasteiger partial charge >= 0.3 is 0 Å². The molecule has 0 fully saturated rings. The number of benzene rings is 1. The molecule has 0 aliphatic heterocycles. The molecule has 4 nitrogen and oxygen atoms in total. The average molecular weight is 313 g/mol. The lowest BCUT2D eigenvalue weighted by atomic mass is 10.0. The minimum Gasteiger partial charge on any atom is -0.308 e. The van der Waals surface area contributed by atoms with Crippen molar-refractivity contribution in [1.29, 1.82) is 0 Å². The van der Waals surface area contributed by atoms with E-state index >= 15 is 0 Å². The number of rotatable bonds is 6. The van der Waals surface area contributed by atoms with Crippen LogP contribution in [0.2, 0.25) is 10.0 Å². The first-order valence-corrected chi connectivity index (χ1v) is 7.39. The minimum absolute atomic E-state index is 0.159. The third-order valence-corrected chi connectivity index (χ3v) is 3.91. The van der Waals surface area contributed by atoms with Crippen molar-refractivity contribution in [2.24, 2.45) is 7.05 Å². The van der Waals surface area contributed by atoms with Gasteiger partial charge in [0, 0.05) is 7.05 Å². The lowest BCUT2D eigenvalue weighted by Gasteiger charge is -2.18. The molecule has 0 amide bonds. The summed E-state index contributed by atoms with van der Waals surface area (Å²) in [5.74, 6) is 0. The smallest absolute Gasteiger partial charge is 0.0756 e. The Bertz CT molecular complexity index is 568. The molecule has 20 heavy (non-hydrogen) atoms. The highest BCUT2D eigenvalue weighted by Crippen LogP contribution is 2.25. The number of aromatic nitrogens is 3. The molecular formula is C14H18Cl2N4. The lowest BCUT2D eigenvalue weighted by molar-refractivity contribution is 0.492. The van der Waals surface area contributed by atoms with Gasteiger partial charge in [-0.3, -0.25) is 4.68 Å². The van der Waals surface area contributed by atoms with Crippen LogP contribution in [0.25, 0.3) is 0 Å². The molecule has 1 atom stereocenters. The Hall–Kier alpha value is -1.10. The summed E-state index contributed by atoms with van der Waals surface area (Å²) in [7, 11) is 1.90. The molecule has 0 saturated heterocycles. The second-order valence-electron chi connectivity index (χ2n) is 4.74. The summed E-state index contributed by atoms with van der Waals surface area (Å²) in [5.41, 5.74) is 2.19. The van der Waals surface area contributed by atoms with Gasteiger partial charge in [0.15, 0.2) is 0 Å². The highest BCUT2D eigenvalue weighted by atomic mass is 35.5. The molecule has 0 saturated carbocycles. The summed E-state index contributed by atoms with van der Waals surface area (Å²) in [6.07, 6.45) is 3.69. The van der Waals surface area contributed by atoms with Crippen LogP contribution in [0.1, 0.15) is 30.6 Å². The third-order valence-electron chi connectivity index (χ3n) is 3.17. The normalized spacial score (nSPS) is 12.6. The Morgan fingerprint density at radius 3 is 2.70 bits per heavy atom. The fourth-order valence-electron chi connectivity index (χ4n) is 2.12. The SMILES string of the molecule is CCCNC(Cc1ccc(Cl)c(Cl)c1)c1cnnn1C. The topological polar surface area (TPSA) is 42.7 Å². The van der Waals surface area contributed by atoms with Gasteiger partial charge in [0.2, 0.25) is 0 Å². The van der Waals surface area contributed by atoms with Crippen molar-refractivity contribution in [3.05, 3.63) is 45.7 Å². The van der Waals surface area contributed by atoms with Crippen molar-refractivity contribution >= 4 is 23.2 Å². The molecule has 1 heterocycles. The predicted octanol–water partition coefficient (Wildman–Crippen LogP) is 3.41. The van der Waals surface area contributed by atoms with Crippen LogP contribution in [0, 0.1) is 0 Å². The van der Waals surface area contributed by atoms with E-state index in [1.807, 2.05) is 25.2 Å². The van der Waals surface area contributed by atoms with E-state index in [0.717, 1.165) is 30.6 Å². The van der Waals surface area contributed by atoms with Crippen LogP contribution >= 0.6 is 23.2 Å². The van der Waals surface area contributed by atoms with E-state index in [4.69, 9.17) is 23.2 Å². The van der Waals surface area contributed by atoms with Crippen molar-refractivity contribution in [2.45, 2.75) is 25.8 Å². The largest absolute Gasteiger partial charge is 0.308 e. The fourth-order valence-corrected chi connectivity index (χ4v) is 2.44. The fraction of sp³-hybridized carbons (Fsp3) is 0.429. The molecule has 0 aliphatic carbocycles. The minimum atomic E-state index is 0.159. The molecule has 0 aliphatic rings. The molecule has 2 aromatic rings. The van der Waals surface area contributed by atoms with Crippen LogP contribution in [-0.4, -0.2) is 21.5 Å². The maximum Gasteiger partial charge on any atom is 0.0756 e. The number of nitrogens with one attached hydrogen (secondary N) is 1. The zero-order valence-electron chi connectivity index (χ0n) is 11.6. The molecule has 0 radical (unpaired) electrons. The second kappa shape index (κ2) is 7.07. The number of hydrogen-bond acceptors (Lipinski definition) is 3. The first-order valence-electron chi connectivity index (χ1n) is 6.63. The quantitative estimate of drug-likeness (QED) is 0.889. The van der Waals surface area contributed by atoms with E-state index in [-0.39, 0.29) is 6.04 Å². The lowest BCUT2D eigenvalue weighted by Crippen LogP contribution is -2.26. The average Bonchev–Trinajstić information content (AvgIpc) is 2.85. The molecular weight excluding hydrogens is 295 g/mol. The van der Waals surface area contributed by atoms with Crippen molar-refractivity contribution in [3.8, 4) is 0 Å². The number of aryl methyl sites for hydroxylation is 1. The molecule has 6 heteroatoms. The van der Waals surface area contributed by atoms with Gasteiger partial charge in [-0.05, 0) is 37.1 Å². The van der Waals surface area contributed by atoms with Crippen LogP contribution in [0.15, 0.2) is 24.4 Å². The van der Waals surface area contributed by atoms with Crippen LogP contribution in [0.3, 0.4) is 0 Å². The predicted molar refractivity (Wildman–Crippen MR) is 82.2 cm³/mol. The maximum absolute atomic E-state index is 6.08. The van der Waals surface area contributed by atoms with E-state index in [1.165, 1.54) is 0 Å². The Kier molecular flexibility index (Phi) is 5.40. The van der Waals surface area contributed by atoms with E-state index < -0.39 is 0 Å². The maximum atomic E-state index is 6.08. The van der Waals surface area contributed by atoms with Crippen LogP contribution in [0.5, 0.6) is 0 Å². The van der Waals surface area contributed by atoms with E-state index in [0.29, 0.717) is 10.0 Å². The molecule has 1 N–H and O–H groups in total. The summed E-state index contributed by atoms with van der Waals surface area (Å²) in [4.78, 5) is 0. The number of hydrogen-bond donors (Lipinski definition) is 1. The van der Waals surface area contributed by atoms with Crippen molar-refractivity contribution in [3.63, 3.8) is 0 Å². The van der Waals surface area contributed by atoms with Crippen molar-refractivity contribution in [1.82, 2.24) is 20.3 Å². The van der Waals surface area contributed by atoms with Gasteiger partial charge < -0.3 is 5.32 Å². The first-order chi connectivity index (χ1) is 9.61. The summed E-state index contributed by atoms with van der Waals surface area (Å²) < 4.78 is 1.80. The zero-order chi connectivity index (χ0) is 14.5. The summed E-state index contributed by atoms with van der Waals surface area (Å²) in [6, 6.07) is 5.90. The monoisotopic (exact) mass is 312 g/mol. The van der Waals surface area contributed by atoms with Gasteiger partial charge in [-0.25, -0.2) is 0 Å². The molecule has 1 aromatic heterocycles. The molecule has 1 unspecified atom stereocenters. The Balaban J connectivity index is 2.19. The van der Waals surface area contributed by atoms with Crippen molar-refractivity contribution < 1.29 is 0 Å². The van der Waals surface area contributed by atoms with E-state index in [1.54, 1.807) is 10.9 Å². The third kappa shape index (κ3) is 3.72. The molecule has 2 rings (SSSR count). The summed E-state index contributed by atoms with van der Waals surface area (Å²) in [5, 5.41) is 12.6. The van der Waals surface area contributed by atoms with Gasteiger partial charge in [0.25, 0.3) is 0 Å². The molecule has 1 aromatic carbocycles. The molecule has 108 valence electrons. The van der Waals surface area contributed by atoms with Gasteiger partial charge in [-0.15, -0.1) is 5.10 Å². The first kappa shape index (κ1) is 15.3. The summed E-state index contributed by atoms with van der Waals surface area (Å²) >= 11 is 12.0. The molecule has 0 bridgehead atoms. The van der Waals surface area contributed by atoms with E-state index in [9.17, 15) is 0 Å². The van der Waals surface area contributed by atoms with Gasteiger partial charge in [0.05, 0.1) is 28.0 Å². The number of halogens is 2. The summed E-state index contributed by atoms with van der Waals surface area (Å²) in [6.45, 7) is 3.09. The number of nitrogens with zero attached hydrogens (tertiary/aromatic N) is 3. The van der Waals surface area contributed by atoms with Crippen LogP contribution in [0.4, 0.5) is 0 Å². The zero-order valence-corrected chi connectivity index (χ0v) is 13.1. The van der Waals surface area contributed by atoms with Gasteiger partial charge in [-0.1, -0.05) is 41.4 Å². The van der Waals surface area contributed by atoms with Gasteiger partial charge in [0.1, 0.15) is 0 Å². The van der Waals surface area contributed by atoms with Gasteiger partial charge in [-0.2, -0.15) is 0 Å². The Morgan fingerprint density at radius 2 is 2.10 bits per heavy atom. The standard InChI is InChI=1S/C14H18Cl2N4/c1-3-6-17-13(14-9-18-19-20(14)2)8-10-4-5-11(15)12(16)7-10/h4-5,7,9,13,17H,3,6,8H2,1-2H3. The molecule has 0 spiro atoms. The highest BCUT2D eigenvalue weighted by molar-refractivity contribution is 6.42. The Morgan fingerprint density at radius 1 is 1.30 bits per heavy atom.